The van der Waals surface area contributed by atoms with Gasteiger partial charge in [-0.05, 0) is 18.5 Å². The molecular formula is C11H16ClN5O3. The lowest BCUT2D eigenvalue weighted by Crippen LogP contribution is -2.37. The summed E-state index contributed by atoms with van der Waals surface area (Å²) in [6, 6.07) is -0.573. The highest BCUT2D eigenvalue weighted by atomic mass is 35.5. The van der Waals surface area contributed by atoms with Gasteiger partial charge in [0, 0.05) is 13.1 Å². The summed E-state index contributed by atoms with van der Waals surface area (Å²) in [6.07, 6.45) is 0. The number of esters is 1. The summed E-state index contributed by atoms with van der Waals surface area (Å²) in [4.78, 5) is 25.6. The number of nitrogens with zero attached hydrogens (tertiary/aromatic N) is 4. The van der Waals surface area contributed by atoms with Crippen LogP contribution in [-0.2, 0) is 14.3 Å². The molecule has 1 aliphatic rings. The Hall–Kier alpha value is -1.67. The first-order valence-corrected chi connectivity index (χ1v) is 6.56. The first-order chi connectivity index (χ1) is 9.60. The SMILES string of the molecule is COC(=O)C(C)Nc1nc(Cl)nc(N2CCOCC2)n1. The Labute approximate surface area is 121 Å². The van der Waals surface area contributed by atoms with Gasteiger partial charge < -0.3 is 19.7 Å². The molecule has 2 heterocycles. The third-order valence-electron chi connectivity index (χ3n) is 2.79. The molecule has 8 nitrogen and oxygen atoms in total. The second-order valence-electron chi connectivity index (χ2n) is 4.22. The molecule has 0 spiro atoms. The molecule has 110 valence electrons. The van der Waals surface area contributed by atoms with Gasteiger partial charge in [0.15, 0.2) is 0 Å². The van der Waals surface area contributed by atoms with Crippen LogP contribution in [0.5, 0.6) is 0 Å². The van der Waals surface area contributed by atoms with Crippen molar-refractivity contribution in [2.45, 2.75) is 13.0 Å². The summed E-state index contributed by atoms with van der Waals surface area (Å²) in [6.45, 7) is 4.26. The van der Waals surface area contributed by atoms with Gasteiger partial charge in [0.1, 0.15) is 6.04 Å². The van der Waals surface area contributed by atoms with Gasteiger partial charge in [-0.25, -0.2) is 4.79 Å². The highest BCUT2D eigenvalue weighted by Crippen LogP contribution is 2.15. The van der Waals surface area contributed by atoms with E-state index in [1.807, 2.05) is 4.90 Å². The zero-order chi connectivity index (χ0) is 14.5. The molecule has 0 aromatic carbocycles. The second-order valence-corrected chi connectivity index (χ2v) is 4.55. The molecule has 1 aliphatic heterocycles. The van der Waals surface area contributed by atoms with E-state index in [4.69, 9.17) is 16.3 Å². The maximum Gasteiger partial charge on any atom is 0.328 e. The molecule has 0 radical (unpaired) electrons. The summed E-state index contributed by atoms with van der Waals surface area (Å²) in [5.74, 6) is 0.298. The van der Waals surface area contributed by atoms with Gasteiger partial charge in [-0.3, -0.25) is 0 Å². The first kappa shape index (κ1) is 14.7. The van der Waals surface area contributed by atoms with Crippen LogP contribution in [0.25, 0.3) is 0 Å². The second kappa shape index (κ2) is 6.67. The van der Waals surface area contributed by atoms with Gasteiger partial charge in [0.25, 0.3) is 0 Å². The van der Waals surface area contributed by atoms with Crippen LogP contribution in [0.2, 0.25) is 5.28 Å². The Balaban J connectivity index is 2.13. The minimum atomic E-state index is -0.573. The van der Waals surface area contributed by atoms with Crippen LogP contribution in [-0.4, -0.2) is 60.4 Å². The molecule has 1 saturated heterocycles. The third kappa shape index (κ3) is 3.67. The standard InChI is InChI=1S/C11H16ClN5O3/c1-7(8(18)19-2)13-10-14-9(12)15-11(16-10)17-3-5-20-6-4-17/h7H,3-6H2,1-2H3,(H,13,14,15,16). The zero-order valence-electron chi connectivity index (χ0n) is 11.3. The largest absolute Gasteiger partial charge is 0.467 e. The van der Waals surface area contributed by atoms with Crippen molar-refractivity contribution in [3.63, 3.8) is 0 Å². The van der Waals surface area contributed by atoms with Gasteiger partial charge in [0.05, 0.1) is 20.3 Å². The van der Waals surface area contributed by atoms with Crippen LogP contribution in [0.4, 0.5) is 11.9 Å². The molecule has 9 heteroatoms. The number of halogens is 1. The summed E-state index contributed by atoms with van der Waals surface area (Å²) in [5.41, 5.74) is 0. The number of anilines is 2. The van der Waals surface area contributed by atoms with E-state index >= 15 is 0 Å². The van der Waals surface area contributed by atoms with Gasteiger partial charge >= 0.3 is 5.97 Å². The van der Waals surface area contributed by atoms with E-state index in [0.717, 1.165) is 0 Å². The van der Waals surface area contributed by atoms with E-state index in [2.05, 4.69) is 25.0 Å². The predicted molar refractivity (Wildman–Crippen MR) is 73.0 cm³/mol. The number of hydrogen-bond donors (Lipinski definition) is 1. The maximum atomic E-state index is 11.4. The molecule has 1 fully saturated rings. The number of carbonyl (C=O) groups is 1. The van der Waals surface area contributed by atoms with E-state index in [1.165, 1.54) is 7.11 Å². The highest BCUT2D eigenvalue weighted by molar-refractivity contribution is 6.28. The summed E-state index contributed by atoms with van der Waals surface area (Å²) >= 11 is 5.89. The summed E-state index contributed by atoms with van der Waals surface area (Å²) < 4.78 is 9.90. The molecule has 1 aromatic heterocycles. The average molecular weight is 302 g/mol. The molecule has 1 N–H and O–H groups in total. The van der Waals surface area contributed by atoms with E-state index in [0.29, 0.717) is 32.3 Å². The number of aromatic nitrogens is 3. The maximum absolute atomic E-state index is 11.4. The molecule has 1 unspecified atom stereocenters. The Kier molecular flexibility index (Phi) is 4.91. The van der Waals surface area contributed by atoms with Crippen LogP contribution in [0.3, 0.4) is 0 Å². The number of hydrogen-bond acceptors (Lipinski definition) is 8. The van der Waals surface area contributed by atoms with Crippen molar-refractivity contribution in [1.29, 1.82) is 0 Å². The molecule has 0 bridgehead atoms. The van der Waals surface area contributed by atoms with Crippen LogP contribution in [0, 0.1) is 0 Å². The van der Waals surface area contributed by atoms with E-state index in [1.54, 1.807) is 6.92 Å². The fraction of sp³-hybridized carbons (Fsp3) is 0.636. The third-order valence-corrected chi connectivity index (χ3v) is 2.96. The lowest BCUT2D eigenvalue weighted by atomic mass is 10.3. The normalized spacial score (nSPS) is 16.6. The van der Waals surface area contributed by atoms with Gasteiger partial charge in [-0.15, -0.1) is 0 Å². The number of nitrogens with one attached hydrogen (secondary N) is 1. The van der Waals surface area contributed by atoms with Crippen LogP contribution in [0.1, 0.15) is 6.92 Å². The van der Waals surface area contributed by atoms with Crippen molar-refractivity contribution in [2.75, 3.05) is 43.6 Å². The fourth-order valence-corrected chi connectivity index (χ4v) is 1.89. The monoisotopic (exact) mass is 301 g/mol. The number of methoxy groups -OCH3 is 1. The molecule has 0 aliphatic carbocycles. The van der Waals surface area contributed by atoms with E-state index in [-0.39, 0.29) is 11.2 Å². The molecule has 0 amide bonds. The number of rotatable bonds is 4. The minimum Gasteiger partial charge on any atom is -0.467 e. The quantitative estimate of drug-likeness (QED) is 0.796. The molecule has 1 aromatic rings. The Bertz CT molecular complexity index is 481. The summed E-state index contributed by atoms with van der Waals surface area (Å²) in [5, 5.41) is 2.90. The van der Waals surface area contributed by atoms with Crippen molar-refractivity contribution in [1.82, 2.24) is 15.0 Å². The molecular weight excluding hydrogens is 286 g/mol. The Morgan fingerprint density at radius 1 is 1.40 bits per heavy atom. The van der Waals surface area contributed by atoms with Gasteiger partial charge in [-0.1, -0.05) is 0 Å². The van der Waals surface area contributed by atoms with Crippen molar-refractivity contribution >= 4 is 29.5 Å². The lowest BCUT2D eigenvalue weighted by molar-refractivity contribution is -0.141. The van der Waals surface area contributed by atoms with Crippen LogP contribution >= 0.6 is 11.6 Å². The smallest absolute Gasteiger partial charge is 0.328 e. The van der Waals surface area contributed by atoms with Crippen LogP contribution < -0.4 is 10.2 Å². The highest BCUT2D eigenvalue weighted by Gasteiger charge is 2.18. The zero-order valence-corrected chi connectivity index (χ0v) is 12.1. The van der Waals surface area contributed by atoms with Crippen molar-refractivity contribution in [3.8, 4) is 0 Å². The number of morpholine rings is 1. The lowest BCUT2D eigenvalue weighted by Gasteiger charge is -2.26. The summed E-state index contributed by atoms with van der Waals surface area (Å²) in [7, 11) is 1.32. The number of carbonyl (C=O) groups excluding carboxylic acids is 1. The number of ether oxygens (including phenoxy) is 2. The fourth-order valence-electron chi connectivity index (χ4n) is 1.74. The van der Waals surface area contributed by atoms with Crippen LogP contribution in [0.15, 0.2) is 0 Å². The Morgan fingerprint density at radius 2 is 2.10 bits per heavy atom. The van der Waals surface area contributed by atoms with Crippen molar-refractivity contribution in [3.05, 3.63) is 5.28 Å². The van der Waals surface area contributed by atoms with E-state index in [9.17, 15) is 4.79 Å². The molecule has 0 saturated carbocycles. The Morgan fingerprint density at radius 3 is 2.75 bits per heavy atom. The van der Waals surface area contributed by atoms with E-state index < -0.39 is 12.0 Å². The predicted octanol–water partition coefficient (Wildman–Crippen LogP) is 0.335. The van der Waals surface area contributed by atoms with Crippen molar-refractivity contribution < 1.29 is 14.3 Å². The van der Waals surface area contributed by atoms with Gasteiger partial charge in [0.2, 0.25) is 17.2 Å². The average Bonchev–Trinajstić information content (AvgIpc) is 2.46. The molecule has 20 heavy (non-hydrogen) atoms. The molecule has 2 rings (SSSR count). The topological polar surface area (TPSA) is 89.5 Å². The first-order valence-electron chi connectivity index (χ1n) is 6.19. The van der Waals surface area contributed by atoms with Crippen molar-refractivity contribution in [2.24, 2.45) is 0 Å². The van der Waals surface area contributed by atoms with Gasteiger partial charge in [-0.2, -0.15) is 15.0 Å². The molecule has 1 atom stereocenters. The minimum absolute atomic E-state index is 0.0704.